The predicted octanol–water partition coefficient (Wildman–Crippen LogP) is 4.28. The summed E-state index contributed by atoms with van der Waals surface area (Å²) in [6.07, 6.45) is -4.13. The van der Waals surface area contributed by atoms with E-state index in [0.717, 1.165) is 12.1 Å². The molecule has 0 aliphatic rings. The molecule has 0 heterocycles. The second kappa shape index (κ2) is 10.8. The van der Waals surface area contributed by atoms with E-state index in [-0.39, 0.29) is 24.6 Å². The summed E-state index contributed by atoms with van der Waals surface area (Å²) in [5, 5.41) is 0. The fourth-order valence-corrected chi connectivity index (χ4v) is 1.10. The average molecular weight is 420 g/mol. The molecule has 0 unspecified atom stereocenters. The van der Waals surface area contributed by atoms with E-state index in [0.29, 0.717) is 6.42 Å². The topological polar surface area (TPSA) is 69.7 Å². The van der Waals surface area contributed by atoms with Crippen LogP contribution in [0.4, 0.5) is 13.2 Å². The Balaban J connectivity index is 0. The van der Waals surface area contributed by atoms with Gasteiger partial charge in [0.15, 0.2) is 0 Å². The Labute approximate surface area is 146 Å². The number of hydrogen-bond donors (Lipinski definition) is 0. The Kier molecular flexibility index (Phi) is 11.4. The average Bonchev–Trinajstić information content (AvgIpc) is 2.32. The number of ether oxygens (including phenoxy) is 2. The second-order valence-corrected chi connectivity index (χ2v) is 7.26. The van der Waals surface area contributed by atoms with E-state index >= 15 is 0 Å². The van der Waals surface area contributed by atoms with Gasteiger partial charge in [0.1, 0.15) is 5.75 Å². The monoisotopic (exact) mass is 418 g/mol. The molecular weight excluding hydrogens is 408 g/mol. The van der Waals surface area contributed by atoms with Crippen molar-refractivity contribution in [2.45, 2.75) is 19.7 Å². The normalized spacial score (nSPS) is 10.7. The van der Waals surface area contributed by atoms with Crippen molar-refractivity contribution in [3.63, 3.8) is 0 Å². The highest BCUT2D eigenvalue weighted by Crippen LogP contribution is 2.23. The molecule has 1 aromatic rings. The van der Waals surface area contributed by atoms with E-state index in [2.05, 4.69) is 26.1 Å². The molecule has 0 bridgehead atoms. The lowest BCUT2D eigenvalue weighted by molar-refractivity contribution is -0.274. The number of rotatable bonds is 4. The van der Waals surface area contributed by atoms with E-state index in [1.165, 1.54) is 12.1 Å². The van der Waals surface area contributed by atoms with Crippen LogP contribution in [0, 0.1) is 0 Å². The highest BCUT2D eigenvalue weighted by Gasteiger charge is 2.31. The lowest BCUT2D eigenvalue weighted by Crippen LogP contribution is -2.17. The van der Waals surface area contributed by atoms with Gasteiger partial charge in [-0.05, 0) is 24.6 Å². The van der Waals surface area contributed by atoms with Gasteiger partial charge in [0.2, 0.25) is 0 Å². The third-order valence-electron chi connectivity index (χ3n) is 1.74. The third kappa shape index (κ3) is 15.8. The van der Waals surface area contributed by atoms with Gasteiger partial charge in [-0.2, -0.15) is 8.42 Å². The van der Waals surface area contributed by atoms with Gasteiger partial charge < -0.3 is 9.47 Å². The Bertz CT molecular complexity index is 585. The minimum Gasteiger partial charge on any atom is -0.462 e. The molecule has 0 spiro atoms. The molecule has 0 N–H and O–H groups in total. The van der Waals surface area contributed by atoms with Crippen molar-refractivity contribution in [3.8, 4) is 5.75 Å². The van der Waals surface area contributed by atoms with Crippen LogP contribution in [0.1, 0.15) is 23.7 Å². The fraction of sp³-hybridized carbons (Fsp3) is 0.364. The van der Waals surface area contributed by atoms with Gasteiger partial charge in [-0.1, -0.05) is 13.0 Å². The molecule has 12 heteroatoms. The predicted molar refractivity (Wildman–Crippen MR) is 81.6 cm³/mol. The maximum absolute atomic E-state index is 11.9. The lowest BCUT2D eigenvalue weighted by atomic mass is 10.2. The van der Waals surface area contributed by atoms with Crippen LogP contribution in [0.3, 0.4) is 0 Å². The summed E-state index contributed by atoms with van der Waals surface area (Å²) >= 11 is 0. The van der Waals surface area contributed by atoms with Crippen molar-refractivity contribution in [3.05, 3.63) is 29.8 Å². The van der Waals surface area contributed by atoms with Gasteiger partial charge in [-0.3, -0.25) is 0 Å². The Morgan fingerprint density at radius 2 is 1.78 bits per heavy atom. The summed E-state index contributed by atoms with van der Waals surface area (Å²) in [5.41, 5.74) is 0.0280. The van der Waals surface area contributed by atoms with E-state index in [1.807, 2.05) is 6.92 Å². The maximum atomic E-state index is 11.9. The van der Waals surface area contributed by atoms with Crippen LogP contribution in [0.5, 0.6) is 5.75 Å². The summed E-state index contributed by atoms with van der Waals surface area (Å²) in [7, 11) is 4.81. The van der Waals surface area contributed by atoms with Crippen molar-refractivity contribution < 1.29 is 35.9 Å². The zero-order valence-electron chi connectivity index (χ0n) is 11.5. The standard InChI is InChI=1S/C11H11F3O3.Cl2O2S.ClH/c1-2-6-16-10(15)8-4-3-5-9(7-8)17-11(12,13)14;1-5(2,3)4;/h3-5,7H,2,6H2,1H3;;1H. The molecule has 0 fully saturated rings. The number of benzene rings is 1. The molecule has 0 atom stereocenters. The van der Waals surface area contributed by atoms with Crippen molar-refractivity contribution in [2.24, 2.45) is 0 Å². The van der Waals surface area contributed by atoms with Crippen LogP contribution in [-0.4, -0.2) is 27.4 Å². The highest BCUT2D eigenvalue weighted by molar-refractivity contribution is 8.31. The number of carbonyl (C=O) groups is 1. The molecule has 0 saturated carbocycles. The minimum absolute atomic E-state index is 0. The minimum atomic E-state index is -4.77. The highest BCUT2D eigenvalue weighted by atomic mass is 36.0. The second-order valence-electron chi connectivity index (χ2n) is 3.59. The Hall–Kier alpha value is -0.900. The summed E-state index contributed by atoms with van der Waals surface area (Å²) in [6, 6.07) is 4.76. The van der Waals surface area contributed by atoms with Gasteiger partial charge in [-0.25, -0.2) is 4.79 Å². The first-order valence-corrected chi connectivity index (χ1v) is 8.73. The molecule has 0 aromatic heterocycles. The molecule has 23 heavy (non-hydrogen) atoms. The molecule has 1 rings (SSSR count). The van der Waals surface area contributed by atoms with Crippen LogP contribution in [-0.2, 0) is 13.0 Å². The summed E-state index contributed by atoms with van der Waals surface area (Å²) in [6.45, 7) is 2.04. The molecule has 0 amide bonds. The van der Waals surface area contributed by atoms with Gasteiger partial charge in [0.05, 0.1) is 12.2 Å². The summed E-state index contributed by atoms with van der Waals surface area (Å²) < 4.78 is 62.6. The van der Waals surface area contributed by atoms with Crippen molar-refractivity contribution >= 4 is 48.0 Å². The number of carbonyl (C=O) groups excluding carboxylic acids is 1. The molecular formula is C11H12Cl3F3O5S. The smallest absolute Gasteiger partial charge is 0.462 e. The number of alkyl halides is 3. The van der Waals surface area contributed by atoms with Gasteiger partial charge in [0, 0.05) is 21.4 Å². The molecule has 1 aromatic carbocycles. The Morgan fingerprint density at radius 3 is 2.22 bits per heavy atom. The summed E-state index contributed by atoms with van der Waals surface area (Å²) in [5.74, 6) is -1.11. The van der Waals surface area contributed by atoms with Crippen molar-refractivity contribution in [1.82, 2.24) is 0 Å². The first kappa shape index (κ1) is 24.4. The van der Waals surface area contributed by atoms with Crippen LogP contribution in [0.2, 0.25) is 0 Å². The number of esters is 1. The first-order valence-electron chi connectivity index (χ1n) is 5.59. The molecule has 0 saturated heterocycles. The van der Waals surface area contributed by atoms with Crippen molar-refractivity contribution in [1.29, 1.82) is 0 Å². The zero-order valence-corrected chi connectivity index (χ0v) is 14.6. The van der Waals surface area contributed by atoms with Crippen molar-refractivity contribution in [2.75, 3.05) is 6.61 Å². The van der Waals surface area contributed by atoms with Gasteiger partial charge >= 0.3 is 20.6 Å². The van der Waals surface area contributed by atoms with Gasteiger partial charge in [-0.15, -0.1) is 25.6 Å². The number of halogens is 6. The number of hydrogen-bond acceptors (Lipinski definition) is 5. The third-order valence-corrected chi connectivity index (χ3v) is 1.74. The van der Waals surface area contributed by atoms with E-state index in [4.69, 9.17) is 13.2 Å². The molecule has 134 valence electrons. The first-order chi connectivity index (χ1) is 9.92. The molecule has 5 nitrogen and oxygen atoms in total. The SMILES string of the molecule is CCCOC(=O)c1cccc(OC(F)(F)F)c1.Cl.O=S(=O)(Cl)Cl. The van der Waals surface area contributed by atoms with E-state index in [1.54, 1.807) is 0 Å². The van der Waals surface area contributed by atoms with E-state index < -0.39 is 26.3 Å². The van der Waals surface area contributed by atoms with Crippen LogP contribution < -0.4 is 4.74 Å². The summed E-state index contributed by atoms with van der Waals surface area (Å²) in [4.78, 5) is 11.4. The maximum Gasteiger partial charge on any atom is 0.573 e. The quantitative estimate of drug-likeness (QED) is 0.538. The van der Waals surface area contributed by atoms with Crippen LogP contribution in [0.15, 0.2) is 24.3 Å². The molecule has 0 aliphatic heterocycles. The van der Waals surface area contributed by atoms with Crippen LogP contribution in [0.25, 0.3) is 0 Å². The van der Waals surface area contributed by atoms with E-state index in [9.17, 15) is 18.0 Å². The fourth-order valence-electron chi connectivity index (χ4n) is 1.10. The molecule has 0 radical (unpaired) electrons. The van der Waals surface area contributed by atoms with Crippen LogP contribution >= 0.6 is 33.8 Å². The lowest BCUT2D eigenvalue weighted by Gasteiger charge is -2.09. The Morgan fingerprint density at radius 1 is 1.26 bits per heavy atom. The zero-order chi connectivity index (χ0) is 17.4. The largest absolute Gasteiger partial charge is 0.573 e. The van der Waals surface area contributed by atoms with Gasteiger partial charge in [0.25, 0.3) is 0 Å². The molecule has 0 aliphatic carbocycles.